The minimum atomic E-state index is -0.496. The highest BCUT2D eigenvalue weighted by Gasteiger charge is 2.15. The van der Waals surface area contributed by atoms with E-state index in [2.05, 4.69) is 20.9 Å². The number of alkyl carbamates (subject to hydrolysis) is 1. The molecule has 0 aliphatic carbocycles. The Morgan fingerprint density at radius 3 is 1.97 bits per heavy atom. The summed E-state index contributed by atoms with van der Waals surface area (Å²) < 4.78 is 21.4. The first-order valence-electron chi connectivity index (χ1n) is 9.94. The van der Waals surface area contributed by atoms with E-state index in [4.69, 9.17) is 18.9 Å². The Labute approximate surface area is 202 Å². The molecule has 0 spiro atoms. The van der Waals surface area contributed by atoms with Gasteiger partial charge < -0.3 is 34.9 Å². The van der Waals surface area contributed by atoms with Crippen LogP contribution in [0.4, 0.5) is 4.79 Å². The van der Waals surface area contributed by atoms with Crippen molar-refractivity contribution in [1.82, 2.24) is 16.0 Å². The van der Waals surface area contributed by atoms with Crippen molar-refractivity contribution in [3.63, 3.8) is 0 Å². The molecule has 31 heavy (non-hydrogen) atoms. The number of aliphatic imine (C=N–C) groups is 1. The number of methoxy groups -OCH3 is 3. The minimum absolute atomic E-state index is 0. The Bertz CT molecular complexity index is 682. The van der Waals surface area contributed by atoms with Gasteiger partial charge in [0, 0.05) is 44.4 Å². The standard InChI is InChI=1S/C21H36N4O5.HI/c1-21(2,3)30-20(26)25-11-8-10-23-19(22-4)24-12-9-16-17(28-6)13-15(27-5)14-18(16)29-7;/h13-14H,8-12H2,1-7H3,(H,25,26)(H2,22,23,24);1H. The van der Waals surface area contributed by atoms with Crippen molar-refractivity contribution < 1.29 is 23.7 Å². The smallest absolute Gasteiger partial charge is 0.407 e. The van der Waals surface area contributed by atoms with Crippen LogP contribution >= 0.6 is 24.0 Å². The van der Waals surface area contributed by atoms with Crippen molar-refractivity contribution >= 4 is 36.0 Å². The molecule has 3 N–H and O–H groups in total. The summed E-state index contributed by atoms with van der Waals surface area (Å²) in [5.41, 5.74) is 0.453. The Morgan fingerprint density at radius 2 is 1.48 bits per heavy atom. The molecule has 0 aromatic heterocycles. The van der Waals surface area contributed by atoms with E-state index in [-0.39, 0.29) is 24.0 Å². The summed E-state index contributed by atoms with van der Waals surface area (Å²) in [5, 5.41) is 9.21. The molecule has 1 amide bonds. The van der Waals surface area contributed by atoms with Crippen LogP contribution in [-0.4, -0.2) is 65.7 Å². The largest absolute Gasteiger partial charge is 0.496 e. The molecule has 9 nitrogen and oxygen atoms in total. The second-order valence-electron chi connectivity index (χ2n) is 7.47. The summed E-state index contributed by atoms with van der Waals surface area (Å²) in [6.07, 6.45) is 1.00. The summed E-state index contributed by atoms with van der Waals surface area (Å²) in [6.45, 7) is 7.31. The van der Waals surface area contributed by atoms with Gasteiger partial charge in [0.1, 0.15) is 22.8 Å². The van der Waals surface area contributed by atoms with E-state index in [1.165, 1.54) is 0 Å². The van der Waals surface area contributed by atoms with E-state index >= 15 is 0 Å². The van der Waals surface area contributed by atoms with Gasteiger partial charge in [-0.25, -0.2) is 4.79 Å². The van der Waals surface area contributed by atoms with Crippen LogP contribution in [0.5, 0.6) is 17.2 Å². The van der Waals surface area contributed by atoms with Gasteiger partial charge in [-0.1, -0.05) is 0 Å². The minimum Gasteiger partial charge on any atom is -0.496 e. The van der Waals surface area contributed by atoms with Crippen molar-refractivity contribution in [2.45, 2.75) is 39.2 Å². The number of benzene rings is 1. The highest BCUT2D eigenvalue weighted by atomic mass is 127. The lowest BCUT2D eigenvalue weighted by atomic mass is 10.1. The van der Waals surface area contributed by atoms with E-state index < -0.39 is 11.7 Å². The Kier molecular flexibility index (Phi) is 13.8. The summed E-state index contributed by atoms with van der Waals surface area (Å²) >= 11 is 0. The number of nitrogens with zero attached hydrogens (tertiary/aromatic N) is 1. The van der Waals surface area contributed by atoms with Crippen LogP contribution in [0.3, 0.4) is 0 Å². The maximum Gasteiger partial charge on any atom is 0.407 e. The highest BCUT2D eigenvalue weighted by Crippen LogP contribution is 2.34. The van der Waals surface area contributed by atoms with Gasteiger partial charge in [0.2, 0.25) is 0 Å². The maximum atomic E-state index is 11.6. The molecule has 1 aromatic carbocycles. The average molecular weight is 552 g/mol. The van der Waals surface area contributed by atoms with E-state index in [0.29, 0.717) is 49.3 Å². The number of amides is 1. The van der Waals surface area contributed by atoms with Crippen LogP contribution in [0.1, 0.15) is 32.8 Å². The van der Waals surface area contributed by atoms with Crippen molar-refractivity contribution in [2.24, 2.45) is 4.99 Å². The van der Waals surface area contributed by atoms with Gasteiger partial charge in [0.05, 0.1) is 21.3 Å². The zero-order chi connectivity index (χ0) is 22.6. The molecule has 178 valence electrons. The van der Waals surface area contributed by atoms with E-state index in [1.807, 2.05) is 32.9 Å². The molecule has 0 atom stereocenters. The number of nitrogens with one attached hydrogen (secondary N) is 3. The second-order valence-corrected chi connectivity index (χ2v) is 7.47. The number of hydrogen-bond acceptors (Lipinski definition) is 6. The lowest BCUT2D eigenvalue weighted by molar-refractivity contribution is 0.0527. The molecule has 0 heterocycles. The predicted octanol–water partition coefficient (Wildman–Crippen LogP) is 2.95. The molecule has 0 radical (unpaired) electrons. The molecular formula is C21H37IN4O5. The van der Waals surface area contributed by atoms with Gasteiger partial charge in [0.15, 0.2) is 5.96 Å². The monoisotopic (exact) mass is 552 g/mol. The Hall–Kier alpha value is -2.11. The van der Waals surface area contributed by atoms with Crippen molar-refractivity contribution in [3.8, 4) is 17.2 Å². The number of halogens is 1. The van der Waals surface area contributed by atoms with Crippen LogP contribution in [-0.2, 0) is 11.2 Å². The van der Waals surface area contributed by atoms with E-state index in [1.54, 1.807) is 28.4 Å². The van der Waals surface area contributed by atoms with Crippen molar-refractivity contribution in [1.29, 1.82) is 0 Å². The molecule has 0 unspecified atom stereocenters. The summed E-state index contributed by atoms with van der Waals surface area (Å²) in [7, 11) is 6.56. The predicted molar refractivity (Wildman–Crippen MR) is 133 cm³/mol. The second kappa shape index (κ2) is 14.8. The van der Waals surface area contributed by atoms with Crippen LogP contribution in [0, 0.1) is 0 Å². The lowest BCUT2D eigenvalue weighted by Crippen LogP contribution is -2.40. The zero-order valence-corrected chi connectivity index (χ0v) is 21.9. The fraction of sp³-hybridized carbons (Fsp3) is 0.619. The van der Waals surface area contributed by atoms with Crippen molar-refractivity contribution in [3.05, 3.63) is 17.7 Å². The van der Waals surface area contributed by atoms with Gasteiger partial charge in [-0.05, 0) is 33.6 Å². The summed E-state index contributed by atoms with van der Waals surface area (Å²) in [5.74, 6) is 2.78. The molecule has 0 aliphatic rings. The number of ether oxygens (including phenoxy) is 4. The quantitative estimate of drug-likeness (QED) is 0.178. The number of hydrogen-bond donors (Lipinski definition) is 3. The molecule has 1 aromatic rings. The SMILES string of the molecule is CN=C(NCCCNC(=O)OC(C)(C)C)NCCc1c(OC)cc(OC)cc1OC.I. The third kappa shape index (κ3) is 11.2. The molecule has 0 fully saturated rings. The fourth-order valence-corrected chi connectivity index (χ4v) is 2.65. The van der Waals surface area contributed by atoms with Crippen molar-refractivity contribution in [2.75, 3.05) is 48.0 Å². The highest BCUT2D eigenvalue weighted by molar-refractivity contribution is 14.0. The third-order valence-corrected chi connectivity index (χ3v) is 4.02. The van der Waals surface area contributed by atoms with Gasteiger partial charge in [0.25, 0.3) is 0 Å². The van der Waals surface area contributed by atoms with Gasteiger partial charge >= 0.3 is 6.09 Å². The molecule has 0 bridgehead atoms. The number of carbonyl (C=O) groups excluding carboxylic acids is 1. The lowest BCUT2D eigenvalue weighted by Gasteiger charge is -2.19. The molecule has 10 heteroatoms. The van der Waals surface area contributed by atoms with Gasteiger partial charge in [-0.15, -0.1) is 24.0 Å². The fourth-order valence-electron chi connectivity index (χ4n) is 2.65. The summed E-state index contributed by atoms with van der Waals surface area (Å²) in [4.78, 5) is 15.8. The third-order valence-electron chi connectivity index (χ3n) is 4.02. The number of carbonyl (C=O) groups is 1. The molecule has 0 saturated heterocycles. The average Bonchev–Trinajstić information content (AvgIpc) is 2.70. The maximum absolute atomic E-state index is 11.6. The first-order valence-corrected chi connectivity index (χ1v) is 9.94. The first-order chi connectivity index (χ1) is 14.2. The van der Waals surface area contributed by atoms with Crippen LogP contribution < -0.4 is 30.2 Å². The Balaban J connectivity index is 0.00000900. The van der Waals surface area contributed by atoms with Gasteiger partial charge in [-0.2, -0.15) is 0 Å². The zero-order valence-electron chi connectivity index (χ0n) is 19.6. The van der Waals surface area contributed by atoms with Crippen LogP contribution in [0.2, 0.25) is 0 Å². The van der Waals surface area contributed by atoms with Crippen LogP contribution in [0.25, 0.3) is 0 Å². The molecule has 1 rings (SSSR count). The molecule has 0 aliphatic heterocycles. The van der Waals surface area contributed by atoms with E-state index in [9.17, 15) is 4.79 Å². The number of rotatable bonds is 10. The summed E-state index contributed by atoms with van der Waals surface area (Å²) in [6, 6.07) is 3.67. The normalized spacial score (nSPS) is 11.1. The first kappa shape index (κ1) is 28.9. The topological polar surface area (TPSA) is 102 Å². The molecule has 0 saturated carbocycles. The number of guanidine groups is 1. The van der Waals surface area contributed by atoms with Crippen LogP contribution in [0.15, 0.2) is 17.1 Å². The molecular weight excluding hydrogens is 515 g/mol. The Morgan fingerprint density at radius 1 is 0.935 bits per heavy atom. The van der Waals surface area contributed by atoms with Gasteiger partial charge in [-0.3, -0.25) is 4.99 Å². The van der Waals surface area contributed by atoms with E-state index in [0.717, 1.165) is 12.0 Å².